The van der Waals surface area contributed by atoms with Crippen molar-refractivity contribution in [2.24, 2.45) is 5.73 Å². The SMILES string of the molecule is NCC=Cc1ccc(F)cc1Cl. The number of halogens is 2. The molecular formula is C9H9ClFN. The number of rotatable bonds is 2. The summed E-state index contributed by atoms with van der Waals surface area (Å²) in [6.45, 7) is 0.452. The van der Waals surface area contributed by atoms with Gasteiger partial charge < -0.3 is 5.73 Å². The summed E-state index contributed by atoms with van der Waals surface area (Å²) in [5, 5.41) is 0.403. The fraction of sp³-hybridized carbons (Fsp3) is 0.111. The number of hydrogen-bond acceptors (Lipinski definition) is 1. The topological polar surface area (TPSA) is 26.0 Å². The van der Waals surface area contributed by atoms with Crippen LogP contribution in [0.1, 0.15) is 5.56 Å². The van der Waals surface area contributed by atoms with Crippen molar-refractivity contribution < 1.29 is 4.39 Å². The average molecular weight is 186 g/mol. The lowest BCUT2D eigenvalue weighted by Gasteiger charge is -1.96. The second-order valence-corrected chi connectivity index (χ2v) is 2.71. The normalized spacial score (nSPS) is 10.9. The predicted octanol–water partition coefficient (Wildman–Crippen LogP) is 2.45. The maximum absolute atomic E-state index is 12.5. The van der Waals surface area contributed by atoms with Gasteiger partial charge in [0.1, 0.15) is 5.82 Å². The van der Waals surface area contributed by atoms with Crippen molar-refractivity contribution in [2.45, 2.75) is 0 Å². The molecule has 2 N–H and O–H groups in total. The van der Waals surface area contributed by atoms with Crippen molar-refractivity contribution in [1.82, 2.24) is 0 Å². The van der Waals surface area contributed by atoms with Gasteiger partial charge in [-0.1, -0.05) is 29.8 Å². The molecule has 0 saturated carbocycles. The van der Waals surface area contributed by atoms with E-state index in [-0.39, 0.29) is 5.82 Å². The highest BCUT2D eigenvalue weighted by atomic mass is 35.5. The van der Waals surface area contributed by atoms with Gasteiger partial charge in [-0.05, 0) is 17.7 Å². The molecule has 0 aliphatic rings. The first-order valence-corrected chi connectivity index (χ1v) is 3.93. The monoisotopic (exact) mass is 185 g/mol. The third-order valence-corrected chi connectivity index (χ3v) is 1.72. The minimum Gasteiger partial charge on any atom is -0.327 e. The number of hydrogen-bond donors (Lipinski definition) is 1. The molecule has 64 valence electrons. The summed E-state index contributed by atoms with van der Waals surface area (Å²) >= 11 is 5.73. The summed E-state index contributed by atoms with van der Waals surface area (Å²) < 4.78 is 12.5. The molecule has 0 unspecified atom stereocenters. The van der Waals surface area contributed by atoms with Crippen LogP contribution >= 0.6 is 11.6 Å². The van der Waals surface area contributed by atoms with Gasteiger partial charge in [-0.2, -0.15) is 0 Å². The van der Waals surface area contributed by atoms with Crippen LogP contribution < -0.4 is 5.73 Å². The molecule has 12 heavy (non-hydrogen) atoms. The highest BCUT2D eigenvalue weighted by Gasteiger charge is 1.96. The van der Waals surface area contributed by atoms with Gasteiger partial charge >= 0.3 is 0 Å². The number of nitrogens with two attached hydrogens (primary N) is 1. The lowest BCUT2D eigenvalue weighted by atomic mass is 10.2. The predicted molar refractivity (Wildman–Crippen MR) is 49.5 cm³/mol. The van der Waals surface area contributed by atoms with E-state index in [1.54, 1.807) is 18.2 Å². The molecule has 1 aromatic rings. The first kappa shape index (κ1) is 9.23. The molecule has 0 atom stereocenters. The molecule has 1 nitrogen and oxygen atoms in total. The van der Waals surface area contributed by atoms with Crippen molar-refractivity contribution >= 4 is 17.7 Å². The maximum Gasteiger partial charge on any atom is 0.124 e. The van der Waals surface area contributed by atoms with Gasteiger partial charge in [0.15, 0.2) is 0 Å². The fourth-order valence-electron chi connectivity index (χ4n) is 0.832. The van der Waals surface area contributed by atoms with Crippen LogP contribution in [0, 0.1) is 5.82 Å². The zero-order valence-electron chi connectivity index (χ0n) is 6.43. The van der Waals surface area contributed by atoms with Crippen LogP contribution in [0.4, 0.5) is 4.39 Å². The summed E-state index contributed by atoms with van der Waals surface area (Å²) in [7, 11) is 0. The Hall–Kier alpha value is -0.860. The van der Waals surface area contributed by atoms with Crippen molar-refractivity contribution in [2.75, 3.05) is 6.54 Å². The number of benzene rings is 1. The fourth-order valence-corrected chi connectivity index (χ4v) is 1.06. The Morgan fingerprint density at radius 2 is 2.25 bits per heavy atom. The zero-order chi connectivity index (χ0) is 8.97. The molecule has 0 aliphatic heterocycles. The van der Waals surface area contributed by atoms with E-state index in [4.69, 9.17) is 17.3 Å². The molecule has 0 saturated heterocycles. The van der Waals surface area contributed by atoms with Gasteiger partial charge in [0.2, 0.25) is 0 Å². The van der Waals surface area contributed by atoms with E-state index in [1.165, 1.54) is 12.1 Å². The maximum atomic E-state index is 12.5. The standard InChI is InChI=1S/C9H9ClFN/c10-9-6-8(11)4-3-7(9)2-1-5-12/h1-4,6H,5,12H2. The smallest absolute Gasteiger partial charge is 0.124 e. The quantitative estimate of drug-likeness (QED) is 0.753. The summed E-state index contributed by atoms with van der Waals surface area (Å²) in [6.07, 6.45) is 3.53. The molecule has 0 bridgehead atoms. The molecule has 0 aliphatic carbocycles. The van der Waals surface area contributed by atoms with E-state index < -0.39 is 0 Å². The highest BCUT2D eigenvalue weighted by molar-refractivity contribution is 6.32. The largest absolute Gasteiger partial charge is 0.327 e. The molecule has 0 amide bonds. The molecule has 1 rings (SSSR count). The van der Waals surface area contributed by atoms with E-state index in [0.29, 0.717) is 11.6 Å². The molecule has 1 aromatic carbocycles. The van der Waals surface area contributed by atoms with Crippen LogP contribution in [0.5, 0.6) is 0 Å². The summed E-state index contributed by atoms with van der Waals surface area (Å²) in [6, 6.07) is 4.25. The Morgan fingerprint density at radius 3 is 2.83 bits per heavy atom. The minimum absolute atomic E-state index is 0.329. The molecule has 0 fully saturated rings. The van der Waals surface area contributed by atoms with E-state index in [9.17, 15) is 4.39 Å². The first-order chi connectivity index (χ1) is 5.74. The van der Waals surface area contributed by atoms with Crippen molar-refractivity contribution in [1.29, 1.82) is 0 Å². The van der Waals surface area contributed by atoms with Gasteiger partial charge in [-0.3, -0.25) is 0 Å². The van der Waals surface area contributed by atoms with Crippen molar-refractivity contribution in [3.63, 3.8) is 0 Å². The lowest BCUT2D eigenvalue weighted by molar-refractivity contribution is 0.628. The van der Waals surface area contributed by atoms with Crippen molar-refractivity contribution in [3.8, 4) is 0 Å². The van der Waals surface area contributed by atoms with Crippen LogP contribution in [0.3, 0.4) is 0 Å². The van der Waals surface area contributed by atoms with Crippen LogP contribution in [-0.4, -0.2) is 6.54 Å². The van der Waals surface area contributed by atoms with Crippen LogP contribution in [-0.2, 0) is 0 Å². The Bertz CT molecular complexity index is 297. The van der Waals surface area contributed by atoms with E-state index in [2.05, 4.69) is 0 Å². The van der Waals surface area contributed by atoms with Crippen LogP contribution in [0.25, 0.3) is 6.08 Å². The van der Waals surface area contributed by atoms with Crippen LogP contribution in [0.2, 0.25) is 5.02 Å². The van der Waals surface area contributed by atoms with Gasteiger partial charge in [0, 0.05) is 6.54 Å². The van der Waals surface area contributed by atoms with Crippen molar-refractivity contribution in [3.05, 3.63) is 40.7 Å². The van der Waals surface area contributed by atoms with E-state index >= 15 is 0 Å². The molecule has 0 radical (unpaired) electrons. The third-order valence-electron chi connectivity index (χ3n) is 1.40. The van der Waals surface area contributed by atoms with Gasteiger partial charge in [-0.25, -0.2) is 4.39 Å². The Labute approximate surface area is 75.6 Å². The molecule has 3 heteroatoms. The average Bonchev–Trinajstić information content (AvgIpc) is 2.03. The van der Waals surface area contributed by atoms with Crippen LogP contribution in [0.15, 0.2) is 24.3 Å². The summed E-state index contributed by atoms with van der Waals surface area (Å²) in [5.74, 6) is -0.329. The Balaban J connectivity index is 2.94. The minimum atomic E-state index is -0.329. The summed E-state index contributed by atoms with van der Waals surface area (Å²) in [5.41, 5.74) is 6.03. The molecular weight excluding hydrogens is 177 g/mol. The van der Waals surface area contributed by atoms with Gasteiger partial charge in [0.25, 0.3) is 0 Å². The second kappa shape index (κ2) is 4.24. The zero-order valence-corrected chi connectivity index (χ0v) is 7.18. The molecule has 0 heterocycles. The summed E-state index contributed by atoms with van der Waals surface area (Å²) in [4.78, 5) is 0. The lowest BCUT2D eigenvalue weighted by Crippen LogP contribution is -1.92. The van der Waals surface area contributed by atoms with Gasteiger partial charge in [-0.15, -0.1) is 0 Å². The Morgan fingerprint density at radius 1 is 1.50 bits per heavy atom. The van der Waals surface area contributed by atoms with E-state index in [1.807, 2.05) is 0 Å². The third kappa shape index (κ3) is 2.32. The molecule has 0 spiro atoms. The second-order valence-electron chi connectivity index (χ2n) is 2.30. The Kier molecular flexibility index (Phi) is 3.26. The van der Waals surface area contributed by atoms with Gasteiger partial charge in [0.05, 0.1) is 5.02 Å². The highest BCUT2D eigenvalue weighted by Crippen LogP contribution is 2.18. The van der Waals surface area contributed by atoms with E-state index in [0.717, 1.165) is 5.56 Å². The first-order valence-electron chi connectivity index (χ1n) is 3.55. The molecule has 0 aromatic heterocycles.